The van der Waals surface area contributed by atoms with Gasteiger partial charge in [0.2, 0.25) is 11.8 Å². The van der Waals surface area contributed by atoms with E-state index in [0.29, 0.717) is 60.2 Å². The first kappa shape index (κ1) is 37.6. The summed E-state index contributed by atoms with van der Waals surface area (Å²) in [5.74, 6) is 3.57. The Balaban J connectivity index is 0.000000133. The summed E-state index contributed by atoms with van der Waals surface area (Å²) in [4.78, 5) is 44.7. The van der Waals surface area contributed by atoms with Crippen LogP contribution in [-0.2, 0) is 9.59 Å². The van der Waals surface area contributed by atoms with Gasteiger partial charge >= 0.3 is 0 Å². The Hall–Kier alpha value is -3.38. The van der Waals surface area contributed by atoms with Crippen LogP contribution in [0.5, 0.6) is 0 Å². The minimum atomic E-state index is -0.399. The van der Waals surface area contributed by atoms with Gasteiger partial charge in [-0.15, -0.1) is 0 Å². The number of hydrogen-bond acceptors (Lipinski definition) is 8. The molecule has 0 aromatic carbocycles. The number of anilines is 2. The van der Waals surface area contributed by atoms with E-state index in [2.05, 4.69) is 19.8 Å². The van der Waals surface area contributed by atoms with Crippen molar-refractivity contribution in [1.29, 1.82) is 0 Å². The van der Waals surface area contributed by atoms with Crippen molar-refractivity contribution in [1.82, 2.24) is 19.8 Å². The van der Waals surface area contributed by atoms with Crippen LogP contribution in [0.25, 0.3) is 0 Å². The maximum atomic E-state index is 14.3. The third-order valence-corrected chi connectivity index (χ3v) is 17.8. The molecule has 12 aliphatic rings. The van der Waals surface area contributed by atoms with Crippen LogP contribution < -0.4 is 9.80 Å². The highest BCUT2D eigenvalue weighted by molar-refractivity contribution is 5.87. The number of pyridine rings is 2. The van der Waals surface area contributed by atoms with Crippen molar-refractivity contribution in [3.05, 3.63) is 48.3 Å². The molecule has 6 atom stereocenters. The molecule has 2 amide bonds. The molecule has 2 aromatic heterocycles. The van der Waals surface area contributed by atoms with Crippen molar-refractivity contribution in [2.24, 2.45) is 46.3 Å². The van der Waals surface area contributed by atoms with Crippen LogP contribution in [-0.4, -0.2) is 104 Å². The smallest absolute Gasteiger partial charge is 0.231 e. The Labute approximate surface area is 340 Å². The van der Waals surface area contributed by atoms with E-state index in [1.54, 1.807) is 24.5 Å². The average molecular weight is 799 g/mol. The van der Waals surface area contributed by atoms with E-state index in [1.165, 1.54) is 12.1 Å². The quantitative estimate of drug-likeness (QED) is 0.390. The summed E-state index contributed by atoms with van der Waals surface area (Å²) in [7, 11) is 0. The fraction of sp³-hybridized carbons (Fsp3) is 0.739. The van der Waals surface area contributed by atoms with Crippen LogP contribution in [0, 0.1) is 58.0 Å². The number of amides is 2. The summed E-state index contributed by atoms with van der Waals surface area (Å²) in [6.45, 7) is 4.30. The van der Waals surface area contributed by atoms with Gasteiger partial charge in [0.25, 0.3) is 0 Å². The molecule has 10 nitrogen and oxygen atoms in total. The van der Waals surface area contributed by atoms with E-state index in [4.69, 9.17) is 0 Å². The molecule has 312 valence electrons. The number of carbonyl (C=O) groups excluding carboxylic acids is 2. The lowest BCUT2D eigenvalue weighted by molar-refractivity contribution is -0.168. The van der Waals surface area contributed by atoms with Crippen molar-refractivity contribution in [3.63, 3.8) is 0 Å². The number of carbonyl (C=O) groups is 2. The minimum Gasteiger partial charge on any atom is -0.393 e. The Morgan fingerprint density at radius 3 is 1.34 bits per heavy atom. The second-order valence-electron chi connectivity index (χ2n) is 21.0. The first-order valence-corrected chi connectivity index (χ1v) is 22.7. The number of aromatic nitrogens is 2. The monoisotopic (exact) mass is 798 g/mol. The summed E-state index contributed by atoms with van der Waals surface area (Å²) < 4.78 is 28.7. The van der Waals surface area contributed by atoms with Crippen molar-refractivity contribution in [2.45, 2.75) is 126 Å². The zero-order valence-electron chi connectivity index (χ0n) is 33.8. The Kier molecular flexibility index (Phi) is 8.80. The first-order valence-electron chi connectivity index (χ1n) is 22.7. The molecule has 0 radical (unpaired) electrons. The standard InChI is InChI=1S/2C23H30FN3O2/c2*24-18-3-1-6-25-20(18)26-7-2-4-22(14-26)5-8-27(21(22)29)23-11-15-9-16(12-23)19(28)17(10-15)13-23/h2*1,3,6,15-17,19,28H,2,4-5,7-14H2. The van der Waals surface area contributed by atoms with Crippen LogP contribution in [0.15, 0.2) is 36.7 Å². The van der Waals surface area contributed by atoms with Gasteiger partial charge in [-0.05, 0) is 163 Å². The van der Waals surface area contributed by atoms with Crippen molar-refractivity contribution in [3.8, 4) is 0 Å². The van der Waals surface area contributed by atoms with Gasteiger partial charge in [-0.3, -0.25) is 9.59 Å². The van der Waals surface area contributed by atoms with Crippen molar-refractivity contribution in [2.75, 3.05) is 49.1 Å². The number of halogens is 2. The normalized spacial score (nSPS) is 43.6. The van der Waals surface area contributed by atoms with Crippen LogP contribution in [0.3, 0.4) is 0 Å². The van der Waals surface area contributed by atoms with E-state index >= 15 is 0 Å². The molecule has 4 aliphatic heterocycles. The summed E-state index contributed by atoms with van der Waals surface area (Å²) in [6.07, 6.45) is 18.9. The molecule has 6 heterocycles. The molecule has 58 heavy (non-hydrogen) atoms. The second-order valence-corrected chi connectivity index (χ2v) is 21.0. The maximum Gasteiger partial charge on any atom is 0.231 e. The molecule has 14 rings (SSSR count). The molecule has 4 saturated heterocycles. The van der Waals surface area contributed by atoms with E-state index in [9.17, 15) is 28.6 Å². The molecule has 2 aromatic rings. The summed E-state index contributed by atoms with van der Waals surface area (Å²) >= 11 is 0. The fourth-order valence-electron chi connectivity index (χ4n) is 15.7. The topological polar surface area (TPSA) is 113 Å². The predicted molar refractivity (Wildman–Crippen MR) is 213 cm³/mol. The van der Waals surface area contributed by atoms with Gasteiger partial charge in [-0.1, -0.05) is 0 Å². The van der Waals surface area contributed by atoms with E-state index < -0.39 is 10.8 Å². The zero-order valence-corrected chi connectivity index (χ0v) is 33.8. The van der Waals surface area contributed by atoms with Gasteiger partial charge < -0.3 is 29.8 Å². The van der Waals surface area contributed by atoms with Gasteiger partial charge in [0.15, 0.2) is 23.3 Å². The van der Waals surface area contributed by atoms with E-state index in [0.717, 1.165) is 129 Å². The van der Waals surface area contributed by atoms with Gasteiger partial charge in [-0.2, -0.15) is 0 Å². The number of likely N-dealkylation sites (tertiary alicyclic amines) is 2. The van der Waals surface area contributed by atoms with E-state index in [1.807, 2.05) is 9.80 Å². The summed E-state index contributed by atoms with van der Waals surface area (Å²) in [5, 5.41) is 21.3. The number of aliphatic hydroxyl groups excluding tert-OH is 2. The van der Waals surface area contributed by atoms with Crippen molar-refractivity contribution < 1.29 is 28.6 Å². The maximum absolute atomic E-state index is 14.3. The zero-order chi connectivity index (χ0) is 39.6. The van der Waals surface area contributed by atoms with Gasteiger partial charge in [0, 0.05) is 62.7 Å². The highest BCUT2D eigenvalue weighted by Crippen LogP contribution is 2.61. The van der Waals surface area contributed by atoms with Crippen LogP contribution in [0.1, 0.15) is 103 Å². The van der Waals surface area contributed by atoms with Crippen LogP contribution >= 0.6 is 0 Å². The average Bonchev–Trinajstić information content (AvgIpc) is 3.70. The summed E-state index contributed by atoms with van der Waals surface area (Å²) in [5.41, 5.74) is -0.863. The fourth-order valence-corrected chi connectivity index (χ4v) is 15.7. The Bertz CT molecular complexity index is 1800. The van der Waals surface area contributed by atoms with Gasteiger partial charge in [-0.25, -0.2) is 18.7 Å². The molecule has 12 fully saturated rings. The number of piperidine rings is 2. The SMILES string of the molecule is O=C1N(C23CC4CC(C2)C(O)C(C4)C3)CCC12CCCN(c1ncccc1F)C2.O=C1N(C23CC4CC(C2)C(O)C(C4)C3)CCC12CCCN(c1ncccc1F)C2. The molecular weight excluding hydrogens is 739 g/mol. The molecule has 2 N–H and O–H groups in total. The molecule has 2 spiro atoms. The Morgan fingerprint density at radius 2 is 0.966 bits per heavy atom. The largest absolute Gasteiger partial charge is 0.393 e. The molecule has 8 saturated carbocycles. The second kappa shape index (κ2) is 13.6. The lowest BCUT2D eigenvalue weighted by Gasteiger charge is -2.61. The molecule has 6 unspecified atom stereocenters. The summed E-state index contributed by atoms with van der Waals surface area (Å²) in [6, 6.07) is 6.13. The lowest BCUT2D eigenvalue weighted by Crippen LogP contribution is -2.65. The Morgan fingerprint density at radius 1 is 0.569 bits per heavy atom. The van der Waals surface area contributed by atoms with Crippen LogP contribution in [0.2, 0.25) is 0 Å². The lowest BCUT2D eigenvalue weighted by atomic mass is 9.51. The van der Waals surface area contributed by atoms with Gasteiger partial charge in [0.1, 0.15) is 0 Å². The third-order valence-electron chi connectivity index (χ3n) is 17.8. The highest BCUT2D eigenvalue weighted by Gasteiger charge is 2.64. The first-order chi connectivity index (χ1) is 28.0. The van der Waals surface area contributed by atoms with Gasteiger partial charge in [0.05, 0.1) is 23.0 Å². The number of nitrogens with zero attached hydrogens (tertiary/aromatic N) is 6. The number of aliphatic hydroxyl groups is 2. The van der Waals surface area contributed by atoms with E-state index in [-0.39, 0.29) is 46.7 Å². The van der Waals surface area contributed by atoms with Crippen molar-refractivity contribution >= 4 is 23.5 Å². The van der Waals surface area contributed by atoms with Crippen LogP contribution in [0.4, 0.5) is 20.4 Å². The molecule has 8 aliphatic carbocycles. The number of rotatable bonds is 4. The highest BCUT2D eigenvalue weighted by atomic mass is 19.1. The third kappa shape index (κ3) is 5.72. The molecule has 12 heteroatoms. The minimum absolute atomic E-state index is 0.0329. The number of hydrogen-bond donors (Lipinski definition) is 2. The molecule has 8 bridgehead atoms. The predicted octanol–water partition coefficient (Wildman–Crippen LogP) is 5.96. The molecular formula is C46H60F2N6O4.